The van der Waals surface area contributed by atoms with Crippen LogP contribution in [0.5, 0.6) is 0 Å². The Morgan fingerprint density at radius 2 is 1.90 bits per heavy atom. The SMILES string of the molecule is O=C1NC(CCCCNc2ccnc3cc(Cl)ccc23)C(=O)N1c1ccccc1. The van der Waals surface area contributed by atoms with Crippen LogP contribution >= 0.6 is 11.6 Å². The van der Waals surface area contributed by atoms with Crippen LogP contribution in [0, 0.1) is 0 Å². The molecule has 1 fully saturated rings. The summed E-state index contributed by atoms with van der Waals surface area (Å²) in [4.78, 5) is 30.3. The zero-order chi connectivity index (χ0) is 20.2. The van der Waals surface area contributed by atoms with E-state index in [0.29, 0.717) is 17.1 Å². The predicted molar refractivity (Wildman–Crippen MR) is 115 cm³/mol. The monoisotopic (exact) mass is 408 g/mol. The van der Waals surface area contributed by atoms with Gasteiger partial charge in [-0.25, -0.2) is 9.69 Å². The maximum Gasteiger partial charge on any atom is 0.329 e. The van der Waals surface area contributed by atoms with Gasteiger partial charge in [0, 0.05) is 28.8 Å². The van der Waals surface area contributed by atoms with Crippen LogP contribution in [-0.4, -0.2) is 29.5 Å². The maximum absolute atomic E-state index is 12.6. The third-order valence-electron chi connectivity index (χ3n) is 4.97. The Bertz CT molecular complexity index is 1040. The summed E-state index contributed by atoms with van der Waals surface area (Å²) >= 11 is 6.03. The minimum absolute atomic E-state index is 0.189. The number of carbonyl (C=O) groups excluding carboxylic acids is 2. The van der Waals surface area contributed by atoms with Gasteiger partial charge >= 0.3 is 6.03 Å². The number of unbranched alkanes of at least 4 members (excludes halogenated alkanes) is 1. The Labute approximate surface area is 173 Å². The van der Waals surface area contributed by atoms with Gasteiger partial charge in [0.25, 0.3) is 5.91 Å². The Balaban J connectivity index is 1.28. The number of urea groups is 1. The average molecular weight is 409 g/mol. The average Bonchev–Trinajstić information content (AvgIpc) is 3.01. The quantitative estimate of drug-likeness (QED) is 0.442. The molecule has 1 saturated heterocycles. The van der Waals surface area contributed by atoms with Crippen LogP contribution in [0.25, 0.3) is 10.9 Å². The Morgan fingerprint density at radius 1 is 1.07 bits per heavy atom. The number of benzene rings is 2. The van der Waals surface area contributed by atoms with Crippen LogP contribution in [0.15, 0.2) is 60.8 Å². The van der Waals surface area contributed by atoms with Crippen LogP contribution in [0.4, 0.5) is 16.2 Å². The molecule has 0 aliphatic carbocycles. The normalized spacial score (nSPS) is 16.3. The van der Waals surface area contributed by atoms with Gasteiger partial charge in [0.15, 0.2) is 0 Å². The number of pyridine rings is 1. The first kappa shape index (κ1) is 19.2. The minimum atomic E-state index is -0.466. The minimum Gasteiger partial charge on any atom is -0.384 e. The van der Waals surface area contributed by atoms with Crippen molar-refractivity contribution in [2.75, 3.05) is 16.8 Å². The molecule has 148 valence electrons. The van der Waals surface area contributed by atoms with Gasteiger partial charge in [-0.05, 0) is 55.7 Å². The van der Waals surface area contributed by atoms with Crippen molar-refractivity contribution >= 4 is 45.8 Å². The summed E-state index contributed by atoms with van der Waals surface area (Å²) in [6.45, 7) is 0.763. The molecule has 0 spiro atoms. The highest BCUT2D eigenvalue weighted by Crippen LogP contribution is 2.25. The number of imide groups is 1. The molecule has 2 N–H and O–H groups in total. The zero-order valence-electron chi connectivity index (χ0n) is 15.8. The molecule has 1 unspecified atom stereocenters. The molecule has 1 aliphatic heterocycles. The van der Waals surface area contributed by atoms with E-state index in [4.69, 9.17) is 11.6 Å². The van der Waals surface area contributed by atoms with Gasteiger partial charge in [-0.1, -0.05) is 29.8 Å². The van der Waals surface area contributed by atoms with Crippen LogP contribution < -0.4 is 15.5 Å². The number of para-hydroxylation sites is 1. The molecule has 1 aromatic heterocycles. The molecule has 0 saturated carbocycles. The number of nitrogens with zero attached hydrogens (tertiary/aromatic N) is 2. The number of aromatic nitrogens is 1. The van der Waals surface area contributed by atoms with Crippen molar-refractivity contribution in [3.05, 3.63) is 65.8 Å². The van der Waals surface area contributed by atoms with Crippen LogP contribution in [0.1, 0.15) is 19.3 Å². The van der Waals surface area contributed by atoms with Crippen molar-refractivity contribution < 1.29 is 9.59 Å². The molecule has 4 rings (SSSR count). The molecule has 3 aromatic rings. The fourth-order valence-electron chi connectivity index (χ4n) is 3.52. The third-order valence-corrected chi connectivity index (χ3v) is 5.21. The first-order chi connectivity index (χ1) is 14.1. The van der Waals surface area contributed by atoms with Crippen molar-refractivity contribution in [3.8, 4) is 0 Å². The first-order valence-electron chi connectivity index (χ1n) is 9.61. The Kier molecular flexibility index (Phi) is 5.62. The lowest BCUT2D eigenvalue weighted by molar-refractivity contribution is -0.118. The summed E-state index contributed by atoms with van der Waals surface area (Å²) in [6.07, 6.45) is 4.07. The number of hydrogen-bond donors (Lipinski definition) is 2. The summed E-state index contributed by atoms with van der Waals surface area (Å²) in [5.41, 5.74) is 2.46. The van der Waals surface area contributed by atoms with Gasteiger partial charge in [0.05, 0.1) is 11.2 Å². The summed E-state index contributed by atoms with van der Waals surface area (Å²) < 4.78 is 0. The second-order valence-electron chi connectivity index (χ2n) is 6.95. The largest absolute Gasteiger partial charge is 0.384 e. The molecule has 1 aliphatic rings. The summed E-state index contributed by atoms with van der Waals surface area (Å²) in [5, 5.41) is 7.89. The number of nitrogens with one attached hydrogen (secondary N) is 2. The van der Waals surface area contributed by atoms with Gasteiger partial charge in [0.2, 0.25) is 0 Å². The third kappa shape index (κ3) is 4.17. The van der Waals surface area contributed by atoms with E-state index >= 15 is 0 Å². The standard InChI is InChI=1S/C22H21ClN4O2/c23-15-9-10-17-18(11-13-25-20(17)14-15)24-12-5-4-8-19-21(28)27(22(29)26-19)16-6-2-1-3-7-16/h1-3,6-7,9-11,13-14,19H,4-5,8,12H2,(H,24,25)(H,26,29). The molecule has 29 heavy (non-hydrogen) atoms. The molecule has 3 amide bonds. The van der Waals surface area contributed by atoms with Gasteiger partial charge in [-0.3, -0.25) is 9.78 Å². The number of halogens is 1. The number of rotatable bonds is 7. The van der Waals surface area contributed by atoms with Gasteiger partial charge in [-0.15, -0.1) is 0 Å². The van der Waals surface area contributed by atoms with Crippen LogP contribution in [0.3, 0.4) is 0 Å². The van der Waals surface area contributed by atoms with Crippen molar-refractivity contribution in [3.63, 3.8) is 0 Å². The molecular weight excluding hydrogens is 388 g/mol. The summed E-state index contributed by atoms with van der Waals surface area (Å²) in [7, 11) is 0. The number of fused-ring (bicyclic) bond motifs is 1. The highest BCUT2D eigenvalue weighted by Gasteiger charge is 2.38. The van der Waals surface area contributed by atoms with E-state index in [-0.39, 0.29) is 11.9 Å². The van der Waals surface area contributed by atoms with Gasteiger partial charge in [-0.2, -0.15) is 0 Å². The zero-order valence-corrected chi connectivity index (χ0v) is 16.5. The van der Waals surface area contributed by atoms with Gasteiger partial charge < -0.3 is 10.6 Å². The van der Waals surface area contributed by atoms with Gasteiger partial charge in [0.1, 0.15) is 6.04 Å². The van der Waals surface area contributed by atoms with Crippen molar-refractivity contribution in [2.24, 2.45) is 0 Å². The molecule has 2 heterocycles. The van der Waals surface area contributed by atoms with E-state index in [1.807, 2.05) is 42.5 Å². The predicted octanol–water partition coefficient (Wildman–Crippen LogP) is 4.60. The molecule has 0 bridgehead atoms. The lowest BCUT2D eigenvalue weighted by atomic mass is 10.1. The van der Waals surface area contributed by atoms with E-state index < -0.39 is 6.04 Å². The molecule has 1 atom stereocenters. The van der Waals surface area contributed by atoms with E-state index in [9.17, 15) is 9.59 Å². The lowest BCUT2D eigenvalue weighted by Crippen LogP contribution is -2.31. The van der Waals surface area contributed by atoms with Crippen molar-refractivity contribution in [2.45, 2.75) is 25.3 Å². The van der Waals surface area contributed by atoms with Crippen molar-refractivity contribution in [1.82, 2.24) is 10.3 Å². The smallest absolute Gasteiger partial charge is 0.329 e. The van der Waals surface area contributed by atoms with E-state index in [2.05, 4.69) is 15.6 Å². The number of carbonyl (C=O) groups is 2. The van der Waals surface area contributed by atoms with Crippen molar-refractivity contribution in [1.29, 1.82) is 0 Å². The summed E-state index contributed by atoms with van der Waals surface area (Å²) in [6, 6.07) is 15.8. The first-order valence-corrected chi connectivity index (χ1v) is 9.99. The Hall–Kier alpha value is -3.12. The highest BCUT2D eigenvalue weighted by atomic mass is 35.5. The second-order valence-corrected chi connectivity index (χ2v) is 7.39. The number of amides is 3. The van der Waals surface area contributed by atoms with E-state index in [1.165, 1.54) is 4.90 Å². The lowest BCUT2D eigenvalue weighted by Gasteiger charge is -2.13. The molecule has 7 heteroatoms. The fourth-order valence-corrected chi connectivity index (χ4v) is 3.69. The van der Waals surface area contributed by atoms with E-state index in [0.717, 1.165) is 36.0 Å². The Morgan fingerprint density at radius 3 is 2.72 bits per heavy atom. The van der Waals surface area contributed by atoms with E-state index in [1.54, 1.807) is 18.3 Å². The fraction of sp³-hybridized carbons (Fsp3) is 0.227. The molecular formula is C22H21ClN4O2. The topological polar surface area (TPSA) is 74.3 Å². The summed E-state index contributed by atoms with van der Waals surface area (Å²) in [5.74, 6) is -0.189. The molecule has 0 radical (unpaired) electrons. The molecule has 2 aromatic carbocycles. The second kappa shape index (κ2) is 8.49. The van der Waals surface area contributed by atoms with Crippen LogP contribution in [-0.2, 0) is 4.79 Å². The molecule has 6 nitrogen and oxygen atoms in total. The van der Waals surface area contributed by atoms with Crippen LogP contribution in [0.2, 0.25) is 5.02 Å². The number of hydrogen-bond acceptors (Lipinski definition) is 4. The number of anilines is 2. The maximum atomic E-state index is 12.6. The highest BCUT2D eigenvalue weighted by molar-refractivity contribution is 6.31.